The van der Waals surface area contributed by atoms with Crippen LogP contribution in [0, 0.1) is 20.8 Å². The van der Waals surface area contributed by atoms with E-state index in [1.54, 1.807) is 10.9 Å². The Balaban J connectivity index is 1.54. The summed E-state index contributed by atoms with van der Waals surface area (Å²) in [6.07, 6.45) is 3.54. The van der Waals surface area contributed by atoms with Crippen LogP contribution in [0.5, 0.6) is 0 Å². The molecule has 2 aromatic carbocycles. The molecule has 7 heteroatoms. The summed E-state index contributed by atoms with van der Waals surface area (Å²) in [5.74, 6) is -1.01. The quantitative estimate of drug-likeness (QED) is 0.465. The monoisotopic (exact) mass is 418 g/mol. The molecule has 0 saturated heterocycles. The predicted octanol–water partition coefficient (Wildman–Crippen LogP) is 3.84. The summed E-state index contributed by atoms with van der Waals surface area (Å²) in [6, 6.07) is 13.9. The molecular weight excluding hydrogens is 392 g/mol. The third-order valence-electron chi connectivity index (χ3n) is 4.72. The van der Waals surface area contributed by atoms with Gasteiger partial charge in [0.1, 0.15) is 5.69 Å². The number of anilines is 1. The summed E-state index contributed by atoms with van der Waals surface area (Å²) >= 11 is 0. The van der Waals surface area contributed by atoms with E-state index in [-0.39, 0.29) is 5.91 Å². The zero-order valence-corrected chi connectivity index (χ0v) is 18.1. The first kappa shape index (κ1) is 22.0. The number of benzene rings is 2. The zero-order valence-electron chi connectivity index (χ0n) is 18.1. The molecule has 1 N–H and O–H groups in total. The molecule has 3 aromatic rings. The zero-order chi connectivity index (χ0) is 22.4. The van der Waals surface area contributed by atoms with Gasteiger partial charge in [-0.05, 0) is 50.5 Å². The molecule has 3 rings (SSSR count). The van der Waals surface area contributed by atoms with E-state index in [0.29, 0.717) is 12.2 Å². The summed E-state index contributed by atoms with van der Waals surface area (Å²) in [4.78, 5) is 24.6. The third kappa shape index (κ3) is 6.12. The van der Waals surface area contributed by atoms with Crippen LogP contribution >= 0.6 is 0 Å². The maximum absolute atomic E-state index is 12.5. The number of carbonyl (C=O) groups excluding carboxylic acids is 2. The van der Waals surface area contributed by atoms with Crippen molar-refractivity contribution in [1.29, 1.82) is 0 Å². The van der Waals surface area contributed by atoms with Crippen LogP contribution in [-0.2, 0) is 20.9 Å². The largest absolute Gasteiger partial charge is 0.449 e. The van der Waals surface area contributed by atoms with E-state index in [9.17, 15) is 9.59 Å². The Morgan fingerprint density at radius 1 is 1.13 bits per heavy atom. The summed E-state index contributed by atoms with van der Waals surface area (Å²) < 4.78 is 6.90. The highest BCUT2D eigenvalue weighted by atomic mass is 16.5. The van der Waals surface area contributed by atoms with Gasteiger partial charge in [0.2, 0.25) is 0 Å². The van der Waals surface area contributed by atoms with Gasteiger partial charge in [0.15, 0.2) is 6.10 Å². The molecule has 31 heavy (non-hydrogen) atoms. The minimum absolute atomic E-state index is 0.384. The molecule has 1 aromatic heterocycles. The highest BCUT2D eigenvalue weighted by Crippen LogP contribution is 2.22. The van der Waals surface area contributed by atoms with Gasteiger partial charge in [-0.1, -0.05) is 53.2 Å². The maximum Gasteiger partial charge on any atom is 0.331 e. The Labute approximate surface area is 181 Å². The van der Waals surface area contributed by atoms with Gasteiger partial charge in [-0.15, -0.1) is 5.10 Å². The van der Waals surface area contributed by atoms with Gasteiger partial charge in [-0.3, -0.25) is 4.79 Å². The topological polar surface area (TPSA) is 86.1 Å². The minimum Gasteiger partial charge on any atom is -0.449 e. The molecule has 0 radical (unpaired) electrons. The Kier molecular flexibility index (Phi) is 6.97. The fourth-order valence-electron chi connectivity index (χ4n) is 3.26. The number of aryl methyl sites for hydroxylation is 3. The van der Waals surface area contributed by atoms with E-state index in [1.165, 1.54) is 19.1 Å². The normalized spacial score (nSPS) is 12.0. The van der Waals surface area contributed by atoms with Gasteiger partial charge in [0, 0.05) is 11.8 Å². The number of amides is 1. The Morgan fingerprint density at radius 3 is 2.48 bits per heavy atom. The number of nitrogens with one attached hydrogen (secondary N) is 1. The second kappa shape index (κ2) is 9.84. The van der Waals surface area contributed by atoms with Gasteiger partial charge in [-0.2, -0.15) is 0 Å². The van der Waals surface area contributed by atoms with Crippen molar-refractivity contribution in [1.82, 2.24) is 15.0 Å². The molecule has 0 aliphatic carbocycles. The van der Waals surface area contributed by atoms with E-state index in [2.05, 4.69) is 15.6 Å². The number of aromatic nitrogens is 3. The number of esters is 1. The Hall–Kier alpha value is -3.74. The molecule has 0 fully saturated rings. The molecule has 0 aliphatic rings. The smallest absolute Gasteiger partial charge is 0.331 e. The lowest BCUT2D eigenvalue weighted by Gasteiger charge is -2.16. The van der Waals surface area contributed by atoms with Crippen LogP contribution in [0.1, 0.15) is 34.9 Å². The van der Waals surface area contributed by atoms with Gasteiger partial charge in [-0.25, -0.2) is 9.48 Å². The average Bonchev–Trinajstić information content (AvgIpc) is 3.17. The Morgan fingerprint density at radius 2 is 1.81 bits per heavy atom. The lowest BCUT2D eigenvalue weighted by molar-refractivity contribution is -0.148. The SMILES string of the molecule is Cc1cc(C)c(NC(=O)[C@H](C)OC(=O)/C=C/c2cn(Cc3ccccc3)nn2)c(C)c1. The van der Waals surface area contributed by atoms with Crippen molar-refractivity contribution >= 4 is 23.6 Å². The summed E-state index contributed by atoms with van der Waals surface area (Å²) in [7, 11) is 0. The summed E-state index contributed by atoms with van der Waals surface area (Å²) in [6.45, 7) is 7.99. The van der Waals surface area contributed by atoms with Crippen molar-refractivity contribution in [2.24, 2.45) is 0 Å². The lowest BCUT2D eigenvalue weighted by atomic mass is 10.0. The van der Waals surface area contributed by atoms with E-state index < -0.39 is 12.1 Å². The highest BCUT2D eigenvalue weighted by molar-refractivity contribution is 5.97. The lowest BCUT2D eigenvalue weighted by Crippen LogP contribution is -2.30. The van der Waals surface area contributed by atoms with Crippen LogP contribution in [0.25, 0.3) is 6.08 Å². The standard InChI is InChI=1S/C24H26N4O3/c1-16-12-17(2)23(18(3)13-16)25-24(30)19(4)31-22(29)11-10-21-15-28(27-26-21)14-20-8-6-5-7-9-20/h5-13,15,19H,14H2,1-4H3,(H,25,30)/b11-10+/t19-/m0/s1. The number of carbonyl (C=O) groups is 2. The summed E-state index contributed by atoms with van der Waals surface area (Å²) in [5.41, 5.74) is 5.41. The second-order valence-electron chi connectivity index (χ2n) is 7.50. The maximum atomic E-state index is 12.5. The number of nitrogens with zero attached hydrogens (tertiary/aromatic N) is 3. The molecule has 1 amide bonds. The highest BCUT2D eigenvalue weighted by Gasteiger charge is 2.18. The summed E-state index contributed by atoms with van der Waals surface area (Å²) in [5, 5.41) is 10.9. The van der Waals surface area contributed by atoms with Crippen LogP contribution < -0.4 is 5.32 Å². The third-order valence-corrected chi connectivity index (χ3v) is 4.72. The molecule has 160 valence electrons. The van der Waals surface area contributed by atoms with E-state index in [0.717, 1.165) is 27.9 Å². The van der Waals surface area contributed by atoms with E-state index in [4.69, 9.17) is 4.74 Å². The first-order valence-corrected chi connectivity index (χ1v) is 10.0. The molecule has 0 spiro atoms. The molecule has 0 aliphatic heterocycles. The van der Waals surface area contributed by atoms with Crippen LogP contribution in [0.4, 0.5) is 5.69 Å². The molecule has 7 nitrogen and oxygen atoms in total. The second-order valence-corrected chi connectivity index (χ2v) is 7.50. The van der Waals surface area contributed by atoms with Gasteiger partial charge in [0.05, 0.1) is 12.7 Å². The number of ether oxygens (including phenoxy) is 1. The van der Waals surface area contributed by atoms with Crippen LogP contribution in [0.15, 0.2) is 54.7 Å². The first-order valence-electron chi connectivity index (χ1n) is 10.0. The Bertz CT molecular complexity index is 1080. The van der Waals surface area contributed by atoms with Crippen molar-refractivity contribution in [3.8, 4) is 0 Å². The fraction of sp³-hybridized carbons (Fsp3) is 0.250. The van der Waals surface area contributed by atoms with Crippen LogP contribution in [0.3, 0.4) is 0 Å². The van der Waals surface area contributed by atoms with Gasteiger partial charge in [0.25, 0.3) is 5.91 Å². The van der Waals surface area contributed by atoms with Crippen LogP contribution in [0.2, 0.25) is 0 Å². The molecule has 0 unspecified atom stereocenters. The van der Waals surface area contributed by atoms with Gasteiger partial charge < -0.3 is 10.1 Å². The van der Waals surface area contributed by atoms with E-state index in [1.807, 2.05) is 63.2 Å². The van der Waals surface area contributed by atoms with Crippen molar-refractivity contribution in [3.05, 3.63) is 82.7 Å². The first-order chi connectivity index (χ1) is 14.8. The number of rotatable bonds is 7. The van der Waals surface area contributed by atoms with Crippen molar-refractivity contribution in [2.45, 2.75) is 40.3 Å². The van der Waals surface area contributed by atoms with Crippen molar-refractivity contribution < 1.29 is 14.3 Å². The van der Waals surface area contributed by atoms with Crippen molar-refractivity contribution in [2.75, 3.05) is 5.32 Å². The van der Waals surface area contributed by atoms with E-state index >= 15 is 0 Å². The fourth-order valence-corrected chi connectivity index (χ4v) is 3.26. The van der Waals surface area contributed by atoms with Crippen molar-refractivity contribution in [3.63, 3.8) is 0 Å². The predicted molar refractivity (Wildman–Crippen MR) is 119 cm³/mol. The van der Waals surface area contributed by atoms with Gasteiger partial charge >= 0.3 is 5.97 Å². The molecule has 1 heterocycles. The minimum atomic E-state index is -0.939. The van der Waals surface area contributed by atoms with Crippen LogP contribution in [-0.4, -0.2) is 33.0 Å². The molecule has 0 saturated carbocycles. The molecular formula is C24H26N4O3. The molecule has 0 bridgehead atoms. The average molecular weight is 418 g/mol. The number of hydrogen-bond donors (Lipinski definition) is 1. The number of hydrogen-bond acceptors (Lipinski definition) is 5. The molecule has 1 atom stereocenters.